The zero-order valence-corrected chi connectivity index (χ0v) is 15.9. The molecule has 3 atom stereocenters. The Balaban J connectivity index is 1.86. The fraction of sp³-hybridized carbons (Fsp3) is 0.273. The quantitative estimate of drug-likeness (QED) is 0.457. The lowest BCUT2D eigenvalue weighted by atomic mass is 9.65. The third kappa shape index (κ3) is 3.12. The van der Waals surface area contributed by atoms with E-state index >= 15 is 0 Å². The van der Waals surface area contributed by atoms with E-state index in [-0.39, 0.29) is 29.7 Å². The summed E-state index contributed by atoms with van der Waals surface area (Å²) in [6.07, 6.45) is 8.90. The maximum atomic E-state index is 13.4. The van der Waals surface area contributed by atoms with Gasteiger partial charge in [0.15, 0.2) is 5.78 Å². The molecule has 3 unspecified atom stereocenters. The number of ketones is 1. The molecule has 0 amide bonds. The molecule has 0 aromatic heterocycles. The van der Waals surface area contributed by atoms with Gasteiger partial charge in [0, 0.05) is 12.1 Å². The van der Waals surface area contributed by atoms with E-state index in [1.807, 2.05) is 12.2 Å². The number of hydrogen-bond donors (Lipinski definition) is 2. The zero-order valence-electron chi connectivity index (χ0n) is 15.9. The molecular formula is C22H21FN2O4. The Morgan fingerprint density at radius 1 is 1.34 bits per heavy atom. The number of quaternary nitrogens is 1. The molecule has 1 aromatic carbocycles. The van der Waals surface area contributed by atoms with E-state index in [2.05, 4.69) is 5.32 Å². The summed E-state index contributed by atoms with van der Waals surface area (Å²) >= 11 is 0. The van der Waals surface area contributed by atoms with Crippen LogP contribution in [0.3, 0.4) is 0 Å². The van der Waals surface area contributed by atoms with Crippen LogP contribution >= 0.6 is 0 Å². The van der Waals surface area contributed by atoms with Gasteiger partial charge in [-0.2, -0.15) is 0 Å². The predicted molar refractivity (Wildman–Crippen MR) is 104 cm³/mol. The van der Waals surface area contributed by atoms with E-state index in [0.29, 0.717) is 17.8 Å². The summed E-state index contributed by atoms with van der Waals surface area (Å²) in [5.74, 6) is -1.96. The summed E-state index contributed by atoms with van der Waals surface area (Å²) in [6.45, 7) is 2.31. The number of benzene rings is 1. The highest BCUT2D eigenvalue weighted by Gasteiger charge is 2.57. The molecule has 2 aliphatic heterocycles. The van der Waals surface area contributed by atoms with E-state index in [0.717, 1.165) is 5.57 Å². The molecule has 1 fully saturated rings. The van der Waals surface area contributed by atoms with Gasteiger partial charge in [-0.25, -0.2) is 9.18 Å². The molecule has 29 heavy (non-hydrogen) atoms. The van der Waals surface area contributed by atoms with Crippen molar-refractivity contribution in [2.75, 3.05) is 19.7 Å². The first-order chi connectivity index (χ1) is 14.0. The average molecular weight is 396 g/mol. The van der Waals surface area contributed by atoms with Crippen molar-refractivity contribution in [1.29, 1.82) is 0 Å². The van der Waals surface area contributed by atoms with Crippen molar-refractivity contribution >= 4 is 11.8 Å². The van der Waals surface area contributed by atoms with Crippen molar-refractivity contribution in [3.63, 3.8) is 0 Å². The van der Waals surface area contributed by atoms with Crippen LogP contribution in [0.5, 0.6) is 0 Å². The van der Waals surface area contributed by atoms with Gasteiger partial charge in [-0.3, -0.25) is 4.79 Å². The van der Waals surface area contributed by atoms with Gasteiger partial charge in [0.1, 0.15) is 22.6 Å². The first-order valence-corrected chi connectivity index (χ1v) is 9.53. The van der Waals surface area contributed by atoms with Crippen molar-refractivity contribution in [1.82, 2.24) is 5.32 Å². The van der Waals surface area contributed by atoms with Crippen molar-refractivity contribution in [3.05, 3.63) is 88.2 Å². The summed E-state index contributed by atoms with van der Waals surface area (Å²) in [4.78, 5) is 25.9. The predicted octanol–water partition coefficient (Wildman–Crippen LogP) is 1.44. The Morgan fingerprint density at radius 3 is 2.83 bits per heavy atom. The van der Waals surface area contributed by atoms with Gasteiger partial charge in [-0.15, -0.1) is 0 Å². The lowest BCUT2D eigenvalue weighted by Gasteiger charge is -2.33. The number of carbonyl (C=O) groups is 2. The average Bonchev–Trinajstić information content (AvgIpc) is 2.87. The van der Waals surface area contributed by atoms with Crippen molar-refractivity contribution < 1.29 is 23.8 Å². The van der Waals surface area contributed by atoms with Crippen LogP contribution in [0.25, 0.3) is 0 Å². The minimum Gasteiger partial charge on any atom is -0.629 e. The van der Waals surface area contributed by atoms with E-state index in [1.165, 1.54) is 24.3 Å². The third-order valence-electron chi connectivity index (χ3n) is 5.63. The van der Waals surface area contributed by atoms with Gasteiger partial charge < -0.3 is 20.3 Å². The van der Waals surface area contributed by atoms with E-state index in [4.69, 9.17) is 4.74 Å². The van der Waals surface area contributed by atoms with Crippen LogP contribution in [0.15, 0.2) is 71.6 Å². The van der Waals surface area contributed by atoms with Crippen LogP contribution in [0, 0.1) is 22.4 Å². The number of esters is 1. The Hall–Kier alpha value is -3.03. The molecule has 1 spiro atoms. The fourth-order valence-corrected chi connectivity index (χ4v) is 4.35. The second-order valence-electron chi connectivity index (χ2n) is 7.18. The van der Waals surface area contributed by atoms with Crippen LogP contribution in [0.4, 0.5) is 4.39 Å². The number of ether oxygens (including phenoxy) is 1. The molecule has 0 bridgehead atoms. The molecular weight excluding hydrogens is 375 g/mol. The van der Waals surface area contributed by atoms with Crippen LogP contribution < -0.4 is 10.4 Å². The Labute approximate surface area is 167 Å². The highest BCUT2D eigenvalue weighted by molar-refractivity contribution is 6.00. The lowest BCUT2D eigenvalue weighted by Crippen LogP contribution is -3.04. The van der Waals surface area contributed by atoms with Crippen molar-refractivity contribution in [2.45, 2.75) is 6.92 Å². The second kappa shape index (κ2) is 7.42. The SMILES string of the molecule is CCOC(=O)C1=CC23C(=CCN1)C=CC=C2[NH+]([O-])CC3C(=O)c1ccc(F)cc1. The third-order valence-corrected chi connectivity index (χ3v) is 5.63. The van der Waals surface area contributed by atoms with Crippen LogP contribution in [0.2, 0.25) is 0 Å². The largest absolute Gasteiger partial charge is 0.629 e. The summed E-state index contributed by atoms with van der Waals surface area (Å²) in [5.41, 5.74) is 0.774. The number of carbonyl (C=O) groups excluding carboxylic acids is 2. The monoisotopic (exact) mass is 396 g/mol. The normalized spacial score (nSPS) is 27.5. The van der Waals surface area contributed by atoms with Crippen LogP contribution in [-0.2, 0) is 9.53 Å². The zero-order chi connectivity index (χ0) is 20.6. The topological polar surface area (TPSA) is 82.9 Å². The highest BCUT2D eigenvalue weighted by Crippen LogP contribution is 2.49. The molecule has 4 rings (SSSR count). The highest BCUT2D eigenvalue weighted by atomic mass is 19.1. The Morgan fingerprint density at radius 2 is 2.10 bits per heavy atom. The molecule has 0 saturated carbocycles. The first kappa shape index (κ1) is 19.3. The molecule has 3 aliphatic rings. The molecule has 7 heteroatoms. The number of Topliss-reactive ketones (excluding diaryl/α,β-unsaturated/α-hetero) is 1. The van der Waals surface area contributed by atoms with Crippen LogP contribution in [-0.4, -0.2) is 31.4 Å². The molecule has 2 heterocycles. The number of hydrogen-bond acceptors (Lipinski definition) is 5. The maximum absolute atomic E-state index is 13.4. The number of halogens is 1. The Kier molecular flexibility index (Phi) is 4.94. The summed E-state index contributed by atoms with van der Waals surface area (Å²) in [7, 11) is 0. The molecule has 6 nitrogen and oxygen atoms in total. The Bertz CT molecular complexity index is 977. The van der Waals surface area contributed by atoms with Gasteiger partial charge in [0.25, 0.3) is 0 Å². The van der Waals surface area contributed by atoms with Gasteiger partial charge in [-0.1, -0.05) is 18.2 Å². The van der Waals surface area contributed by atoms with E-state index in [9.17, 15) is 19.2 Å². The number of allylic oxidation sites excluding steroid dienone is 4. The molecule has 2 N–H and O–H groups in total. The smallest absolute Gasteiger partial charge is 0.354 e. The molecule has 1 saturated heterocycles. The van der Waals surface area contributed by atoms with Gasteiger partial charge in [0.2, 0.25) is 0 Å². The number of nitrogens with one attached hydrogen (secondary N) is 2. The fourth-order valence-electron chi connectivity index (χ4n) is 4.35. The van der Waals surface area contributed by atoms with Crippen molar-refractivity contribution in [3.8, 4) is 0 Å². The minimum absolute atomic E-state index is 0.0215. The summed E-state index contributed by atoms with van der Waals surface area (Å²) in [6, 6.07) is 5.30. The minimum atomic E-state index is -1.05. The summed E-state index contributed by atoms with van der Waals surface area (Å²) in [5, 5.41) is 15.8. The summed E-state index contributed by atoms with van der Waals surface area (Å²) < 4.78 is 18.5. The number of hydroxylamine groups is 2. The maximum Gasteiger partial charge on any atom is 0.354 e. The van der Waals surface area contributed by atoms with Crippen LogP contribution in [0.1, 0.15) is 17.3 Å². The standard InChI is InChI=1S/C22H21FN2O4/c1-2-29-21(27)18-12-22-15(10-11-24-18)4-3-5-19(22)25(28)13-17(22)20(26)14-6-8-16(23)9-7-14/h3-10,12,17,24-25H,2,11,13H2,1H3. The second-order valence-corrected chi connectivity index (χ2v) is 7.18. The molecule has 1 aromatic rings. The van der Waals surface area contributed by atoms with Gasteiger partial charge in [0.05, 0.1) is 19.1 Å². The molecule has 1 aliphatic carbocycles. The van der Waals surface area contributed by atoms with E-state index in [1.54, 1.807) is 25.2 Å². The lowest BCUT2D eigenvalue weighted by molar-refractivity contribution is -0.798. The molecule has 0 radical (unpaired) electrons. The first-order valence-electron chi connectivity index (χ1n) is 9.53. The molecule has 150 valence electrons. The number of rotatable bonds is 4. The van der Waals surface area contributed by atoms with Crippen molar-refractivity contribution in [2.24, 2.45) is 11.3 Å². The van der Waals surface area contributed by atoms with E-state index < -0.39 is 23.1 Å². The van der Waals surface area contributed by atoms with Gasteiger partial charge >= 0.3 is 5.97 Å². The van der Waals surface area contributed by atoms with Gasteiger partial charge in [-0.05, 0) is 48.9 Å².